The highest BCUT2D eigenvalue weighted by molar-refractivity contribution is 7.90. The Morgan fingerprint density at radius 3 is 2.46 bits per heavy atom. The molecular weight excluding hydrogens is 382 g/mol. The van der Waals surface area contributed by atoms with Crippen LogP contribution in [0.1, 0.15) is 17.4 Å². The molecular formula is C20H17NO6S. The molecule has 3 aromatic rings. The number of rotatable bonds is 5. The number of nitrogens with zero attached hydrogens (tertiary/aromatic N) is 1. The van der Waals surface area contributed by atoms with Crippen molar-refractivity contribution < 1.29 is 22.8 Å². The van der Waals surface area contributed by atoms with Crippen LogP contribution in [0.2, 0.25) is 0 Å². The second kappa shape index (κ2) is 7.31. The van der Waals surface area contributed by atoms with E-state index in [0.717, 1.165) is 5.39 Å². The Bertz CT molecular complexity index is 1150. The zero-order chi connectivity index (χ0) is 19.7. The van der Waals surface area contributed by atoms with Crippen LogP contribution in [0.25, 0.3) is 10.8 Å². The Hall–Kier alpha value is -2.81. The van der Waals surface area contributed by atoms with Crippen molar-refractivity contribution in [1.29, 1.82) is 0 Å². The zero-order valence-electron chi connectivity index (χ0n) is 14.8. The maximum Gasteiger partial charge on any atom is 0.273 e. The first kappa shape index (κ1) is 18.5. The van der Waals surface area contributed by atoms with Gasteiger partial charge in [-0.2, -0.15) is 0 Å². The van der Waals surface area contributed by atoms with Crippen molar-refractivity contribution in [3.05, 3.63) is 81.9 Å². The second-order valence-corrected chi connectivity index (χ2v) is 8.41. The summed E-state index contributed by atoms with van der Waals surface area (Å²) in [5.41, 5.74) is 0.423. The molecule has 4 rings (SSSR count). The first-order chi connectivity index (χ1) is 13.5. The Morgan fingerprint density at radius 1 is 1.00 bits per heavy atom. The average molecular weight is 399 g/mol. The van der Waals surface area contributed by atoms with Gasteiger partial charge in [0, 0.05) is 22.6 Å². The summed E-state index contributed by atoms with van der Waals surface area (Å²) >= 11 is 0. The third kappa shape index (κ3) is 3.49. The third-order valence-corrected chi connectivity index (χ3v) is 6.34. The van der Waals surface area contributed by atoms with Gasteiger partial charge in [-0.15, -0.1) is 0 Å². The van der Waals surface area contributed by atoms with Crippen LogP contribution in [0, 0.1) is 10.1 Å². The Labute approximate surface area is 161 Å². The molecule has 0 saturated carbocycles. The van der Waals surface area contributed by atoms with E-state index in [1.807, 2.05) is 18.2 Å². The van der Waals surface area contributed by atoms with Crippen molar-refractivity contribution in [1.82, 2.24) is 0 Å². The largest absolute Gasteiger partial charge is 0.346 e. The van der Waals surface area contributed by atoms with Crippen LogP contribution < -0.4 is 0 Å². The molecule has 0 atom stereocenters. The van der Waals surface area contributed by atoms with Gasteiger partial charge >= 0.3 is 0 Å². The molecule has 7 nitrogen and oxygen atoms in total. The standard InChI is InChI=1S/C20H17NO6S/c22-21(23)18-9-8-15(20-26-10-11-27-20)12-16(18)13-28(24,25)19-7-3-5-14-4-1-2-6-17(14)19/h1-9,12,20H,10-11,13H2. The van der Waals surface area contributed by atoms with Crippen molar-refractivity contribution in [3.63, 3.8) is 0 Å². The maximum atomic E-state index is 13.1. The highest BCUT2D eigenvalue weighted by atomic mass is 32.2. The van der Waals surface area contributed by atoms with Gasteiger partial charge in [0.05, 0.1) is 28.8 Å². The Kier molecular flexibility index (Phi) is 4.84. The molecule has 8 heteroatoms. The molecule has 28 heavy (non-hydrogen) atoms. The van der Waals surface area contributed by atoms with E-state index in [0.29, 0.717) is 24.2 Å². The molecule has 1 aliphatic heterocycles. The van der Waals surface area contributed by atoms with Gasteiger partial charge in [0.15, 0.2) is 16.1 Å². The average Bonchev–Trinajstić information content (AvgIpc) is 3.22. The molecule has 3 aromatic carbocycles. The van der Waals surface area contributed by atoms with Gasteiger partial charge in [0.25, 0.3) is 5.69 Å². The van der Waals surface area contributed by atoms with Crippen molar-refractivity contribution in [2.45, 2.75) is 16.9 Å². The van der Waals surface area contributed by atoms with E-state index >= 15 is 0 Å². The summed E-state index contributed by atoms with van der Waals surface area (Å²) in [5, 5.41) is 12.8. The predicted molar refractivity (Wildman–Crippen MR) is 103 cm³/mol. The Balaban J connectivity index is 1.78. The molecule has 1 fully saturated rings. The van der Waals surface area contributed by atoms with Crippen LogP contribution in [0.3, 0.4) is 0 Å². The highest BCUT2D eigenvalue weighted by Crippen LogP contribution is 2.32. The molecule has 0 N–H and O–H groups in total. The SMILES string of the molecule is O=[N+]([O-])c1ccc(C2OCCO2)cc1CS(=O)(=O)c1cccc2ccccc12. The summed E-state index contributed by atoms with van der Waals surface area (Å²) in [6, 6.07) is 16.5. The summed E-state index contributed by atoms with van der Waals surface area (Å²) in [7, 11) is -3.82. The molecule has 1 aliphatic rings. The van der Waals surface area contributed by atoms with Crippen LogP contribution in [0.4, 0.5) is 5.69 Å². The number of fused-ring (bicyclic) bond motifs is 1. The van der Waals surface area contributed by atoms with E-state index < -0.39 is 26.8 Å². The zero-order valence-corrected chi connectivity index (χ0v) is 15.6. The van der Waals surface area contributed by atoms with Gasteiger partial charge in [-0.05, 0) is 23.6 Å². The molecule has 1 saturated heterocycles. The van der Waals surface area contributed by atoms with E-state index in [1.54, 1.807) is 18.2 Å². The fourth-order valence-electron chi connectivity index (χ4n) is 3.35. The lowest BCUT2D eigenvalue weighted by Crippen LogP contribution is -2.09. The monoisotopic (exact) mass is 399 g/mol. The lowest BCUT2D eigenvalue weighted by atomic mass is 10.1. The van der Waals surface area contributed by atoms with Crippen LogP contribution in [0.15, 0.2) is 65.6 Å². The summed E-state index contributed by atoms with van der Waals surface area (Å²) in [6.45, 7) is 0.844. The third-order valence-electron chi connectivity index (χ3n) is 4.62. The van der Waals surface area contributed by atoms with Crippen LogP contribution in [-0.2, 0) is 25.1 Å². The van der Waals surface area contributed by atoms with E-state index in [-0.39, 0.29) is 16.1 Å². The van der Waals surface area contributed by atoms with E-state index in [4.69, 9.17) is 9.47 Å². The summed E-state index contributed by atoms with van der Waals surface area (Å²) in [5.74, 6) is -0.488. The van der Waals surface area contributed by atoms with E-state index in [1.165, 1.54) is 24.3 Å². The first-order valence-corrected chi connectivity index (χ1v) is 10.3. The summed E-state index contributed by atoms with van der Waals surface area (Å²) in [6.07, 6.45) is -0.639. The van der Waals surface area contributed by atoms with Crippen molar-refractivity contribution in [2.24, 2.45) is 0 Å². The lowest BCUT2D eigenvalue weighted by Gasteiger charge is -2.12. The molecule has 1 heterocycles. The van der Waals surface area contributed by atoms with Gasteiger partial charge in [0.1, 0.15) is 0 Å². The number of hydrogen-bond acceptors (Lipinski definition) is 6. The number of benzene rings is 3. The van der Waals surface area contributed by atoms with Crippen molar-refractivity contribution in [2.75, 3.05) is 13.2 Å². The molecule has 0 bridgehead atoms. The van der Waals surface area contributed by atoms with Gasteiger partial charge < -0.3 is 9.47 Å². The molecule has 0 aromatic heterocycles. The maximum absolute atomic E-state index is 13.1. The minimum atomic E-state index is -3.82. The molecule has 144 valence electrons. The Morgan fingerprint density at radius 2 is 1.71 bits per heavy atom. The van der Waals surface area contributed by atoms with Crippen LogP contribution in [-0.4, -0.2) is 26.6 Å². The normalized spacial score (nSPS) is 15.1. The molecule has 0 amide bonds. The van der Waals surface area contributed by atoms with Gasteiger partial charge in [-0.1, -0.05) is 36.4 Å². The van der Waals surface area contributed by atoms with E-state index in [9.17, 15) is 18.5 Å². The molecule has 0 aliphatic carbocycles. The van der Waals surface area contributed by atoms with Crippen molar-refractivity contribution in [3.8, 4) is 0 Å². The number of sulfone groups is 1. The van der Waals surface area contributed by atoms with Crippen LogP contribution >= 0.6 is 0 Å². The summed E-state index contributed by atoms with van der Waals surface area (Å²) in [4.78, 5) is 11.0. The van der Waals surface area contributed by atoms with Crippen molar-refractivity contribution >= 4 is 26.3 Å². The number of ether oxygens (including phenoxy) is 2. The fourth-order valence-corrected chi connectivity index (χ4v) is 4.95. The molecule has 0 unspecified atom stereocenters. The van der Waals surface area contributed by atoms with Crippen LogP contribution in [0.5, 0.6) is 0 Å². The first-order valence-electron chi connectivity index (χ1n) is 8.67. The smallest absolute Gasteiger partial charge is 0.273 e. The minimum absolute atomic E-state index is 0.106. The number of hydrogen-bond donors (Lipinski definition) is 0. The van der Waals surface area contributed by atoms with E-state index in [2.05, 4.69) is 0 Å². The second-order valence-electron chi connectivity index (χ2n) is 6.46. The number of nitro groups is 1. The summed E-state index contributed by atoms with van der Waals surface area (Å²) < 4.78 is 37.1. The predicted octanol–water partition coefficient (Wildman–Crippen LogP) is 3.77. The van der Waals surface area contributed by atoms with Gasteiger partial charge in [0.2, 0.25) is 0 Å². The number of nitro benzene ring substituents is 1. The molecule has 0 spiro atoms. The quantitative estimate of drug-likeness (QED) is 0.479. The lowest BCUT2D eigenvalue weighted by molar-refractivity contribution is -0.385. The fraction of sp³-hybridized carbons (Fsp3) is 0.200. The molecule has 0 radical (unpaired) electrons. The highest BCUT2D eigenvalue weighted by Gasteiger charge is 2.26. The van der Waals surface area contributed by atoms with Gasteiger partial charge in [-0.25, -0.2) is 8.42 Å². The van der Waals surface area contributed by atoms with Gasteiger partial charge in [-0.3, -0.25) is 10.1 Å². The minimum Gasteiger partial charge on any atom is -0.346 e. The topological polar surface area (TPSA) is 95.7 Å².